The van der Waals surface area contributed by atoms with Crippen LogP contribution in [0.15, 0.2) is 71.8 Å². The van der Waals surface area contributed by atoms with Crippen LogP contribution in [0.5, 0.6) is 0 Å². The molecule has 0 heterocycles. The summed E-state index contributed by atoms with van der Waals surface area (Å²) >= 11 is 0. The fraction of sp³-hybridized carbons (Fsp3) is 0.348. The van der Waals surface area contributed by atoms with Crippen molar-refractivity contribution < 1.29 is 4.79 Å². The summed E-state index contributed by atoms with van der Waals surface area (Å²) in [5.74, 6) is 0.486. The molecule has 124 valence electrons. The van der Waals surface area contributed by atoms with Crippen LogP contribution in [-0.4, -0.2) is 5.78 Å². The minimum absolute atomic E-state index is 0.0586. The minimum Gasteiger partial charge on any atom is -0.294 e. The molecule has 0 amide bonds. The maximum atomic E-state index is 13.3. The normalized spacial score (nSPS) is 20.7. The quantitative estimate of drug-likeness (QED) is 0.635. The Kier molecular flexibility index (Phi) is 5.30. The van der Waals surface area contributed by atoms with Crippen molar-refractivity contribution in [1.82, 2.24) is 0 Å². The van der Waals surface area contributed by atoms with Crippen LogP contribution in [0.2, 0.25) is 0 Å². The van der Waals surface area contributed by atoms with Crippen LogP contribution < -0.4 is 0 Å². The molecule has 2 atom stereocenters. The van der Waals surface area contributed by atoms with Gasteiger partial charge in [-0.05, 0) is 29.5 Å². The molecule has 0 bridgehead atoms. The smallest absolute Gasteiger partial charge is 0.167 e. The van der Waals surface area contributed by atoms with Crippen LogP contribution in [0.4, 0.5) is 0 Å². The molecule has 2 aromatic rings. The predicted molar refractivity (Wildman–Crippen MR) is 100 cm³/mol. The van der Waals surface area contributed by atoms with Gasteiger partial charge >= 0.3 is 0 Å². The summed E-state index contributed by atoms with van der Waals surface area (Å²) in [5.41, 5.74) is 4.90. The van der Waals surface area contributed by atoms with E-state index < -0.39 is 0 Å². The third-order valence-corrected chi connectivity index (χ3v) is 5.01. The molecule has 0 N–H and O–H groups in total. The van der Waals surface area contributed by atoms with Gasteiger partial charge in [-0.3, -0.25) is 4.79 Å². The highest BCUT2D eigenvalue weighted by Gasteiger charge is 2.42. The summed E-state index contributed by atoms with van der Waals surface area (Å²) in [7, 11) is 0. The number of benzene rings is 2. The van der Waals surface area contributed by atoms with Gasteiger partial charge in [0.15, 0.2) is 5.78 Å². The van der Waals surface area contributed by atoms with Gasteiger partial charge in [0.25, 0.3) is 0 Å². The van der Waals surface area contributed by atoms with Crippen LogP contribution in [-0.2, 0) is 4.79 Å². The molecule has 0 saturated heterocycles. The van der Waals surface area contributed by atoms with E-state index in [0.717, 1.165) is 36.8 Å². The average Bonchev–Trinajstić information content (AvgIpc) is 2.90. The van der Waals surface area contributed by atoms with Crippen molar-refractivity contribution in [2.24, 2.45) is 0 Å². The standard InChI is InChI=1S/C23H26O/c1-3-11-19-20(12-4-2)23(24)22(18-15-9-6-10-16-18)21(19)17-13-7-5-8-14-17/h5-10,13-16,21-22H,3-4,11-12H2,1-2H3. The fourth-order valence-corrected chi connectivity index (χ4v) is 4.05. The molecule has 3 rings (SSSR count). The van der Waals surface area contributed by atoms with Gasteiger partial charge in [-0.25, -0.2) is 0 Å². The molecule has 0 fully saturated rings. The van der Waals surface area contributed by atoms with Gasteiger partial charge in [-0.1, -0.05) is 92.9 Å². The third kappa shape index (κ3) is 3.08. The van der Waals surface area contributed by atoms with Gasteiger partial charge in [-0.2, -0.15) is 0 Å². The lowest BCUT2D eigenvalue weighted by Crippen LogP contribution is -2.15. The maximum Gasteiger partial charge on any atom is 0.167 e. The van der Waals surface area contributed by atoms with E-state index in [1.807, 2.05) is 24.3 Å². The SMILES string of the molecule is CCCC1=C(CCC)C(c2ccccc2)C(c2ccccc2)C1=O. The number of hydrogen-bond donors (Lipinski definition) is 0. The Morgan fingerprint density at radius 2 is 1.21 bits per heavy atom. The summed E-state index contributed by atoms with van der Waals surface area (Å²) in [5, 5.41) is 0. The highest BCUT2D eigenvalue weighted by molar-refractivity contribution is 6.05. The molecule has 1 aliphatic rings. The Morgan fingerprint density at radius 1 is 0.708 bits per heavy atom. The summed E-state index contributed by atoms with van der Waals surface area (Å²) in [4.78, 5) is 13.3. The van der Waals surface area contributed by atoms with Gasteiger partial charge in [0.2, 0.25) is 0 Å². The molecular formula is C23H26O. The van der Waals surface area contributed by atoms with Crippen molar-refractivity contribution >= 4 is 5.78 Å². The highest BCUT2D eigenvalue weighted by atomic mass is 16.1. The molecule has 1 heteroatoms. The number of allylic oxidation sites excluding steroid dienone is 2. The number of hydrogen-bond acceptors (Lipinski definition) is 1. The van der Waals surface area contributed by atoms with Crippen LogP contribution in [0.1, 0.15) is 62.5 Å². The van der Waals surface area contributed by atoms with Crippen molar-refractivity contribution in [2.75, 3.05) is 0 Å². The number of ketones is 1. The van der Waals surface area contributed by atoms with E-state index in [2.05, 4.69) is 50.2 Å². The Balaban J connectivity index is 2.13. The molecule has 0 radical (unpaired) electrons. The van der Waals surface area contributed by atoms with Crippen molar-refractivity contribution in [3.05, 3.63) is 82.9 Å². The molecular weight excluding hydrogens is 292 g/mol. The van der Waals surface area contributed by atoms with Gasteiger partial charge in [0.1, 0.15) is 0 Å². The number of rotatable bonds is 6. The van der Waals surface area contributed by atoms with Crippen LogP contribution in [0, 0.1) is 0 Å². The second-order valence-corrected chi connectivity index (χ2v) is 6.64. The van der Waals surface area contributed by atoms with E-state index in [9.17, 15) is 4.79 Å². The number of carbonyl (C=O) groups excluding carboxylic acids is 1. The van der Waals surface area contributed by atoms with Crippen LogP contribution in [0.25, 0.3) is 0 Å². The Bertz CT molecular complexity index is 712. The molecule has 2 aromatic carbocycles. The van der Waals surface area contributed by atoms with Crippen molar-refractivity contribution in [3.8, 4) is 0 Å². The lowest BCUT2D eigenvalue weighted by molar-refractivity contribution is -0.116. The predicted octanol–water partition coefficient (Wildman–Crippen LogP) is 6.03. The van der Waals surface area contributed by atoms with Crippen molar-refractivity contribution in [3.63, 3.8) is 0 Å². The number of carbonyl (C=O) groups is 1. The van der Waals surface area contributed by atoms with Crippen LogP contribution in [0.3, 0.4) is 0 Å². The van der Waals surface area contributed by atoms with Gasteiger partial charge in [-0.15, -0.1) is 0 Å². The zero-order valence-corrected chi connectivity index (χ0v) is 14.7. The van der Waals surface area contributed by atoms with Crippen LogP contribution >= 0.6 is 0 Å². The number of Topliss-reactive ketones (excluding diaryl/α,β-unsaturated/α-hetero) is 1. The maximum absolute atomic E-state index is 13.3. The molecule has 2 unspecified atom stereocenters. The van der Waals surface area contributed by atoms with Crippen molar-refractivity contribution in [2.45, 2.75) is 51.4 Å². The average molecular weight is 318 g/mol. The van der Waals surface area contributed by atoms with E-state index in [1.165, 1.54) is 11.1 Å². The van der Waals surface area contributed by atoms with E-state index in [-0.39, 0.29) is 11.8 Å². The zero-order chi connectivity index (χ0) is 16.9. The van der Waals surface area contributed by atoms with E-state index in [4.69, 9.17) is 0 Å². The highest BCUT2D eigenvalue weighted by Crippen LogP contribution is 2.49. The molecule has 0 saturated carbocycles. The summed E-state index contributed by atoms with van der Waals surface area (Å²) in [6.45, 7) is 4.37. The van der Waals surface area contributed by atoms with Gasteiger partial charge in [0, 0.05) is 5.92 Å². The molecule has 24 heavy (non-hydrogen) atoms. The topological polar surface area (TPSA) is 17.1 Å². The molecule has 1 nitrogen and oxygen atoms in total. The zero-order valence-electron chi connectivity index (χ0n) is 14.7. The summed E-state index contributed by atoms with van der Waals surface area (Å²) in [6, 6.07) is 20.9. The largest absolute Gasteiger partial charge is 0.294 e. The molecule has 1 aliphatic carbocycles. The molecule has 0 aliphatic heterocycles. The Hall–Kier alpha value is -2.15. The molecule has 0 aromatic heterocycles. The van der Waals surface area contributed by atoms with E-state index in [1.54, 1.807) is 0 Å². The Morgan fingerprint density at radius 3 is 1.71 bits per heavy atom. The lowest BCUT2D eigenvalue weighted by atomic mass is 9.79. The second kappa shape index (κ2) is 7.61. The third-order valence-electron chi connectivity index (χ3n) is 5.01. The van der Waals surface area contributed by atoms with Crippen molar-refractivity contribution in [1.29, 1.82) is 0 Å². The van der Waals surface area contributed by atoms with Gasteiger partial charge in [0.05, 0.1) is 5.92 Å². The Labute approximate surface area is 145 Å². The summed E-state index contributed by atoms with van der Waals surface area (Å²) < 4.78 is 0. The first-order valence-electron chi connectivity index (χ1n) is 9.13. The monoisotopic (exact) mass is 318 g/mol. The lowest BCUT2D eigenvalue weighted by Gasteiger charge is -2.23. The first-order chi connectivity index (χ1) is 11.8. The second-order valence-electron chi connectivity index (χ2n) is 6.64. The molecule has 0 spiro atoms. The summed E-state index contributed by atoms with van der Waals surface area (Å²) in [6.07, 6.45) is 4.03. The minimum atomic E-state index is -0.0586. The first-order valence-corrected chi connectivity index (χ1v) is 9.13. The van der Waals surface area contributed by atoms with Gasteiger partial charge < -0.3 is 0 Å². The van der Waals surface area contributed by atoms with E-state index >= 15 is 0 Å². The van der Waals surface area contributed by atoms with E-state index in [0.29, 0.717) is 5.78 Å². The first kappa shape index (κ1) is 16.7. The fourth-order valence-electron chi connectivity index (χ4n) is 4.05.